The van der Waals surface area contributed by atoms with Crippen molar-refractivity contribution in [1.82, 2.24) is 15.1 Å². The molecule has 2 amide bonds. The maximum Gasteiger partial charge on any atom is 0.261 e. The fourth-order valence-electron chi connectivity index (χ4n) is 3.73. The lowest BCUT2D eigenvalue weighted by molar-refractivity contribution is -0.0667. The van der Waals surface area contributed by atoms with Crippen LogP contribution in [0.1, 0.15) is 61.3 Å². The van der Waals surface area contributed by atoms with E-state index < -0.39 is 0 Å². The number of fused-ring (bicyclic) bond motifs is 1. The Morgan fingerprint density at radius 3 is 2.15 bits per heavy atom. The van der Waals surface area contributed by atoms with E-state index in [1.165, 1.54) is 4.90 Å². The number of guanidine groups is 1. The minimum Gasteiger partial charge on any atom is -0.356 e. The Morgan fingerprint density at radius 1 is 1.07 bits per heavy atom. The summed E-state index contributed by atoms with van der Waals surface area (Å²) in [6, 6.07) is 7.03. The summed E-state index contributed by atoms with van der Waals surface area (Å²) in [4.78, 5) is 32.8. The molecule has 0 radical (unpaired) electrons. The summed E-state index contributed by atoms with van der Waals surface area (Å²) in [6.45, 7) is 11.2. The molecule has 0 saturated carbocycles. The maximum absolute atomic E-state index is 12.4. The molecular formula is C21H30N4O2. The molecular weight excluding hydrogens is 340 g/mol. The standard InChI is InChI=1S/C21H30N4O2/c1-20(2)14-25(21(20,3)4)19(22-5)23-12-8-9-13-24-17(26)15-10-6-7-11-16(15)18(24)27/h6-7,10-11H,8-9,12-14H2,1-5H3,(H,22,23). The van der Waals surface area contributed by atoms with Gasteiger partial charge in [-0.05, 0) is 38.8 Å². The van der Waals surface area contributed by atoms with E-state index in [0.717, 1.165) is 31.9 Å². The zero-order chi connectivity index (χ0) is 19.8. The first-order chi connectivity index (χ1) is 12.7. The summed E-state index contributed by atoms with van der Waals surface area (Å²) in [6.07, 6.45) is 1.63. The summed E-state index contributed by atoms with van der Waals surface area (Å²) < 4.78 is 0. The van der Waals surface area contributed by atoms with E-state index in [2.05, 4.69) is 42.9 Å². The van der Waals surface area contributed by atoms with E-state index in [9.17, 15) is 9.59 Å². The molecule has 2 heterocycles. The Bertz CT molecular complexity index is 747. The van der Waals surface area contributed by atoms with E-state index in [4.69, 9.17) is 0 Å². The Labute approximate surface area is 161 Å². The number of nitrogens with zero attached hydrogens (tertiary/aromatic N) is 3. The van der Waals surface area contributed by atoms with Crippen molar-refractivity contribution in [3.63, 3.8) is 0 Å². The monoisotopic (exact) mass is 370 g/mol. The molecule has 1 fully saturated rings. The third-order valence-electron chi connectivity index (χ3n) is 6.32. The zero-order valence-electron chi connectivity index (χ0n) is 17.0. The topological polar surface area (TPSA) is 65.0 Å². The van der Waals surface area contributed by atoms with Gasteiger partial charge in [0.15, 0.2) is 5.96 Å². The van der Waals surface area contributed by atoms with Crippen molar-refractivity contribution in [3.05, 3.63) is 35.4 Å². The molecule has 1 aromatic rings. The second kappa shape index (κ2) is 6.98. The lowest BCUT2D eigenvalue weighted by Crippen LogP contribution is -2.72. The van der Waals surface area contributed by atoms with Crippen molar-refractivity contribution in [2.45, 2.75) is 46.1 Å². The molecule has 0 atom stereocenters. The summed E-state index contributed by atoms with van der Waals surface area (Å²) in [7, 11) is 1.81. The van der Waals surface area contributed by atoms with E-state index in [-0.39, 0.29) is 22.8 Å². The van der Waals surface area contributed by atoms with Crippen LogP contribution in [-0.4, -0.2) is 59.8 Å². The molecule has 0 aromatic heterocycles. The number of carbonyl (C=O) groups excluding carboxylic acids is 2. The van der Waals surface area contributed by atoms with Gasteiger partial charge in [0.2, 0.25) is 0 Å². The SMILES string of the molecule is CN=C(NCCCCN1C(=O)c2ccccc2C1=O)N1CC(C)(C)C1(C)C. The van der Waals surface area contributed by atoms with Crippen LogP contribution in [0.3, 0.4) is 0 Å². The predicted molar refractivity (Wildman–Crippen MR) is 107 cm³/mol. The number of unbranched alkanes of at least 4 members (excludes halogenated alkanes) is 1. The van der Waals surface area contributed by atoms with Crippen molar-refractivity contribution >= 4 is 17.8 Å². The van der Waals surface area contributed by atoms with Gasteiger partial charge in [0.25, 0.3) is 11.8 Å². The molecule has 3 rings (SSSR count). The smallest absolute Gasteiger partial charge is 0.261 e. The number of nitrogens with one attached hydrogen (secondary N) is 1. The van der Waals surface area contributed by atoms with Crippen molar-refractivity contribution < 1.29 is 9.59 Å². The van der Waals surface area contributed by atoms with Gasteiger partial charge in [-0.1, -0.05) is 26.0 Å². The number of carbonyl (C=O) groups is 2. The Morgan fingerprint density at radius 2 is 1.67 bits per heavy atom. The van der Waals surface area contributed by atoms with Crippen molar-refractivity contribution in [2.75, 3.05) is 26.7 Å². The molecule has 27 heavy (non-hydrogen) atoms. The van der Waals surface area contributed by atoms with Gasteiger partial charge in [0.1, 0.15) is 0 Å². The summed E-state index contributed by atoms with van der Waals surface area (Å²) in [5, 5.41) is 3.42. The maximum atomic E-state index is 12.4. The second-order valence-electron chi connectivity index (χ2n) is 8.52. The molecule has 6 heteroatoms. The number of likely N-dealkylation sites (tertiary alicyclic amines) is 1. The van der Waals surface area contributed by atoms with Gasteiger partial charge in [0.05, 0.1) is 11.1 Å². The first-order valence-corrected chi connectivity index (χ1v) is 9.64. The van der Waals surface area contributed by atoms with E-state index >= 15 is 0 Å². The number of hydrogen-bond acceptors (Lipinski definition) is 3. The quantitative estimate of drug-likeness (QED) is 0.375. The third kappa shape index (κ3) is 3.22. The second-order valence-corrected chi connectivity index (χ2v) is 8.52. The van der Waals surface area contributed by atoms with Gasteiger partial charge in [-0.25, -0.2) is 0 Å². The number of benzene rings is 1. The third-order valence-corrected chi connectivity index (χ3v) is 6.32. The molecule has 2 aliphatic rings. The van der Waals surface area contributed by atoms with Crippen LogP contribution in [0.4, 0.5) is 0 Å². The summed E-state index contributed by atoms with van der Waals surface area (Å²) >= 11 is 0. The van der Waals surface area contributed by atoms with Crippen LogP contribution in [0.25, 0.3) is 0 Å². The van der Waals surface area contributed by atoms with Crippen LogP contribution in [-0.2, 0) is 0 Å². The van der Waals surface area contributed by atoms with Crippen molar-refractivity contribution in [1.29, 1.82) is 0 Å². The van der Waals surface area contributed by atoms with Crippen LogP contribution >= 0.6 is 0 Å². The summed E-state index contributed by atoms with van der Waals surface area (Å²) in [5.41, 5.74) is 1.36. The van der Waals surface area contributed by atoms with Gasteiger partial charge in [-0.3, -0.25) is 19.5 Å². The lowest BCUT2D eigenvalue weighted by atomic mass is 9.65. The van der Waals surface area contributed by atoms with Crippen LogP contribution < -0.4 is 5.32 Å². The highest BCUT2D eigenvalue weighted by Gasteiger charge is 2.53. The normalized spacial score (nSPS) is 20.6. The number of rotatable bonds is 5. The van der Waals surface area contributed by atoms with Gasteiger partial charge >= 0.3 is 0 Å². The number of amides is 2. The van der Waals surface area contributed by atoms with E-state index in [0.29, 0.717) is 17.7 Å². The first-order valence-electron chi connectivity index (χ1n) is 9.64. The highest BCUT2D eigenvalue weighted by molar-refractivity contribution is 6.21. The predicted octanol–water partition coefficient (Wildman–Crippen LogP) is 2.76. The molecule has 146 valence electrons. The fraction of sp³-hybridized carbons (Fsp3) is 0.571. The minimum absolute atomic E-state index is 0.0645. The van der Waals surface area contributed by atoms with Crippen LogP contribution in [0, 0.1) is 5.41 Å². The largest absolute Gasteiger partial charge is 0.356 e. The molecule has 2 aliphatic heterocycles. The lowest BCUT2D eigenvalue weighted by Gasteiger charge is -2.62. The zero-order valence-corrected chi connectivity index (χ0v) is 17.0. The highest BCUT2D eigenvalue weighted by Crippen LogP contribution is 2.46. The highest BCUT2D eigenvalue weighted by atomic mass is 16.2. The van der Waals surface area contributed by atoms with Gasteiger partial charge in [-0.15, -0.1) is 0 Å². The minimum atomic E-state index is -0.177. The molecule has 1 aromatic carbocycles. The molecule has 1 N–H and O–H groups in total. The van der Waals surface area contributed by atoms with Gasteiger partial charge in [0, 0.05) is 37.6 Å². The molecule has 0 aliphatic carbocycles. The molecule has 0 spiro atoms. The van der Waals surface area contributed by atoms with Crippen LogP contribution in [0.15, 0.2) is 29.3 Å². The average Bonchev–Trinajstić information content (AvgIpc) is 2.88. The van der Waals surface area contributed by atoms with Crippen molar-refractivity contribution in [3.8, 4) is 0 Å². The Hall–Kier alpha value is -2.37. The molecule has 6 nitrogen and oxygen atoms in total. The van der Waals surface area contributed by atoms with Gasteiger partial charge < -0.3 is 10.2 Å². The van der Waals surface area contributed by atoms with Crippen LogP contribution in [0.5, 0.6) is 0 Å². The number of imide groups is 1. The van der Waals surface area contributed by atoms with E-state index in [1.807, 2.05) is 7.05 Å². The fourth-order valence-corrected chi connectivity index (χ4v) is 3.73. The average molecular weight is 370 g/mol. The van der Waals surface area contributed by atoms with Crippen molar-refractivity contribution in [2.24, 2.45) is 10.4 Å². The number of hydrogen-bond donors (Lipinski definition) is 1. The van der Waals surface area contributed by atoms with Gasteiger partial charge in [-0.2, -0.15) is 0 Å². The molecule has 0 unspecified atom stereocenters. The molecule has 0 bridgehead atoms. The molecule has 1 saturated heterocycles. The summed E-state index contributed by atoms with van der Waals surface area (Å²) in [5.74, 6) is 0.563. The Balaban J connectivity index is 1.45. The first kappa shape index (κ1) is 19.4. The van der Waals surface area contributed by atoms with Crippen LogP contribution in [0.2, 0.25) is 0 Å². The number of aliphatic imine (C=N–C) groups is 1. The van der Waals surface area contributed by atoms with E-state index in [1.54, 1.807) is 24.3 Å². The Kier molecular flexibility index (Phi) is 5.02.